The van der Waals surface area contributed by atoms with E-state index in [9.17, 15) is 18.0 Å². The van der Waals surface area contributed by atoms with Crippen molar-refractivity contribution < 1.29 is 18.0 Å². The molecule has 20 heavy (non-hydrogen) atoms. The van der Waals surface area contributed by atoms with E-state index >= 15 is 0 Å². The highest BCUT2D eigenvalue weighted by Gasteiger charge is 2.31. The first-order valence-corrected chi connectivity index (χ1v) is 6.62. The molecule has 106 valence electrons. The Labute approximate surface area is 117 Å². The van der Waals surface area contributed by atoms with Gasteiger partial charge in [-0.1, -0.05) is 0 Å². The zero-order chi connectivity index (χ0) is 14.8. The van der Waals surface area contributed by atoms with Gasteiger partial charge in [0.05, 0.1) is 5.69 Å². The fourth-order valence-electron chi connectivity index (χ4n) is 1.67. The summed E-state index contributed by atoms with van der Waals surface area (Å²) in [5, 5.41) is 0.658. The Morgan fingerprint density at radius 2 is 2.15 bits per heavy atom. The van der Waals surface area contributed by atoms with Crippen LogP contribution in [0.4, 0.5) is 13.2 Å². The first-order valence-electron chi connectivity index (χ1n) is 5.80. The van der Waals surface area contributed by atoms with Crippen LogP contribution in [0.15, 0.2) is 24.5 Å². The minimum atomic E-state index is -4.46. The molecule has 0 bridgehead atoms. The molecule has 0 spiro atoms. The maximum Gasteiger partial charge on any atom is 0.395 e. The number of nitrogens with zero attached hydrogens (tertiary/aromatic N) is 2. The van der Waals surface area contributed by atoms with Crippen molar-refractivity contribution in [1.82, 2.24) is 9.97 Å². The SMILES string of the molecule is Cc1nc(-c2cccnc2)sc1CC(=O)CC(F)(F)F. The number of aryl methyl sites for hydroxylation is 1. The molecule has 0 radical (unpaired) electrons. The van der Waals surface area contributed by atoms with E-state index in [2.05, 4.69) is 9.97 Å². The zero-order valence-electron chi connectivity index (χ0n) is 10.6. The maximum atomic E-state index is 12.1. The highest BCUT2D eigenvalue weighted by Crippen LogP contribution is 2.29. The summed E-state index contributed by atoms with van der Waals surface area (Å²) >= 11 is 1.23. The molecule has 2 heterocycles. The summed E-state index contributed by atoms with van der Waals surface area (Å²) in [7, 11) is 0. The second-order valence-electron chi connectivity index (χ2n) is 4.28. The summed E-state index contributed by atoms with van der Waals surface area (Å²) < 4.78 is 36.4. The minimum absolute atomic E-state index is 0.233. The Bertz CT molecular complexity index is 608. The molecule has 2 aromatic heterocycles. The van der Waals surface area contributed by atoms with Gasteiger partial charge in [0.2, 0.25) is 0 Å². The molecule has 0 N–H and O–H groups in total. The highest BCUT2D eigenvalue weighted by atomic mass is 32.1. The van der Waals surface area contributed by atoms with Gasteiger partial charge < -0.3 is 0 Å². The fraction of sp³-hybridized carbons (Fsp3) is 0.308. The molecular formula is C13H11F3N2OS. The Morgan fingerprint density at radius 3 is 2.75 bits per heavy atom. The average Bonchev–Trinajstić information content (AvgIpc) is 2.70. The van der Waals surface area contributed by atoms with Crippen molar-refractivity contribution in [3.8, 4) is 10.6 Å². The Morgan fingerprint density at radius 1 is 1.40 bits per heavy atom. The quantitative estimate of drug-likeness (QED) is 0.867. The van der Waals surface area contributed by atoms with Crippen molar-refractivity contribution in [2.75, 3.05) is 0 Å². The van der Waals surface area contributed by atoms with E-state index in [1.54, 1.807) is 25.4 Å². The fourth-order valence-corrected chi connectivity index (χ4v) is 2.75. The molecule has 7 heteroatoms. The number of aromatic nitrogens is 2. The Hall–Kier alpha value is -1.76. The van der Waals surface area contributed by atoms with Gasteiger partial charge in [-0.2, -0.15) is 13.2 Å². The van der Waals surface area contributed by atoms with Crippen molar-refractivity contribution in [2.45, 2.75) is 25.9 Å². The summed E-state index contributed by atoms with van der Waals surface area (Å²) in [4.78, 5) is 20.2. The second-order valence-corrected chi connectivity index (χ2v) is 5.36. The van der Waals surface area contributed by atoms with E-state index in [-0.39, 0.29) is 6.42 Å². The molecule has 2 rings (SSSR count). The smallest absolute Gasteiger partial charge is 0.299 e. The number of rotatable bonds is 4. The Balaban J connectivity index is 2.15. The predicted molar refractivity (Wildman–Crippen MR) is 69.5 cm³/mol. The van der Waals surface area contributed by atoms with Crippen molar-refractivity contribution in [1.29, 1.82) is 0 Å². The number of hydrogen-bond donors (Lipinski definition) is 0. The number of halogens is 3. The second kappa shape index (κ2) is 5.70. The number of pyridine rings is 1. The lowest BCUT2D eigenvalue weighted by Gasteiger charge is -2.04. The normalized spacial score (nSPS) is 11.6. The van der Waals surface area contributed by atoms with Crippen LogP contribution in [0.25, 0.3) is 10.6 Å². The van der Waals surface area contributed by atoms with Gasteiger partial charge >= 0.3 is 6.18 Å². The molecule has 0 amide bonds. The topological polar surface area (TPSA) is 42.9 Å². The minimum Gasteiger partial charge on any atom is -0.299 e. The molecule has 0 aliphatic rings. The molecule has 0 aromatic carbocycles. The van der Waals surface area contributed by atoms with Gasteiger partial charge in [-0.05, 0) is 19.1 Å². The van der Waals surface area contributed by atoms with E-state index in [1.807, 2.05) is 6.07 Å². The number of Topliss-reactive ketones (excluding diaryl/α,β-unsaturated/α-hetero) is 1. The van der Waals surface area contributed by atoms with Crippen LogP contribution >= 0.6 is 11.3 Å². The van der Waals surface area contributed by atoms with E-state index < -0.39 is 18.4 Å². The van der Waals surface area contributed by atoms with Gasteiger partial charge in [-0.25, -0.2) is 4.98 Å². The van der Waals surface area contributed by atoms with Gasteiger partial charge in [0.25, 0.3) is 0 Å². The number of alkyl halides is 3. The lowest BCUT2D eigenvalue weighted by molar-refractivity contribution is -0.151. The summed E-state index contributed by atoms with van der Waals surface area (Å²) in [5.74, 6) is -0.845. The van der Waals surface area contributed by atoms with Crippen molar-refractivity contribution in [2.24, 2.45) is 0 Å². The zero-order valence-corrected chi connectivity index (χ0v) is 11.4. The summed E-state index contributed by atoms with van der Waals surface area (Å²) in [6.45, 7) is 1.69. The van der Waals surface area contributed by atoms with Crippen LogP contribution in [0.5, 0.6) is 0 Å². The standard InChI is InChI=1S/C13H11F3N2OS/c1-8-11(5-10(19)6-13(14,15)16)20-12(18-8)9-3-2-4-17-7-9/h2-4,7H,5-6H2,1H3. The van der Waals surface area contributed by atoms with Gasteiger partial charge in [-0.3, -0.25) is 9.78 Å². The number of ketones is 1. The molecule has 3 nitrogen and oxygen atoms in total. The van der Waals surface area contributed by atoms with Crippen molar-refractivity contribution >= 4 is 17.1 Å². The first-order chi connectivity index (χ1) is 9.35. The molecular weight excluding hydrogens is 289 g/mol. The van der Waals surface area contributed by atoms with Gasteiger partial charge in [-0.15, -0.1) is 11.3 Å². The van der Waals surface area contributed by atoms with E-state index in [0.29, 0.717) is 15.6 Å². The van der Waals surface area contributed by atoms with Crippen LogP contribution in [0.2, 0.25) is 0 Å². The third kappa shape index (κ3) is 3.86. The number of carbonyl (C=O) groups excluding carboxylic acids is 1. The van der Waals surface area contributed by atoms with Gasteiger partial charge in [0.15, 0.2) is 0 Å². The highest BCUT2D eigenvalue weighted by molar-refractivity contribution is 7.15. The molecule has 0 unspecified atom stereocenters. The van der Waals surface area contributed by atoms with Crippen LogP contribution in [0.3, 0.4) is 0 Å². The lowest BCUT2D eigenvalue weighted by atomic mass is 10.1. The van der Waals surface area contributed by atoms with E-state index in [0.717, 1.165) is 5.56 Å². The van der Waals surface area contributed by atoms with Crippen LogP contribution in [-0.2, 0) is 11.2 Å². The van der Waals surface area contributed by atoms with Crippen molar-refractivity contribution in [3.05, 3.63) is 35.1 Å². The van der Waals surface area contributed by atoms with Crippen LogP contribution < -0.4 is 0 Å². The molecule has 2 aromatic rings. The van der Waals surface area contributed by atoms with Crippen LogP contribution in [0, 0.1) is 6.92 Å². The van der Waals surface area contributed by atoms with E-state index in [4.69, 9.17) is 0 Å². The summed E-state index contributed by atoms with van der Waals surface area (Å²) in [5.41, 5.74) is 1.37. The maximum absolute atomic E-state index is 12.1. The summed E-state index contributed by atoms with van der Waals surface area (Å²) in [6.07, 6.45) is -2.84. The van der Waals surface area contributed by atoms with E-state index in [1.165, 1.54) is 11.3 Å². The predicted octanol–water partition coefficient (Wildman–Crippen LogP) is 3.58. The van der Waals surface area contributed by atoms with Gasteiger partial charge in [0, 0.05) is 29.3 Å². The number of hydrogen-bond acceptors (Lipinski definition) is 4. The third-order valence-corrected chi connectivity index (χ3v) is 3.76. The monoisotopic (exact) mass is 300 g/mol. The molecule has 0 atom stereocenters. The van der Waals surface area contributed by atoms with Gasteiger partial charge in [0.1, 0.15) is 17.2 Å². The van der Waals surface area contributed by atoms with Crippen LogP contribution in [0.1, 0.15) is 17.0 Å². The van der Waals surface area contributed by atoms with Crippen molar-refractivity contribution in [3.63, 3.8) is 0 Å². The molecule has 0 aliphatic heterocycles. The molecule has 0 fully saturated rings. The Kier molecular flexibility index (Phi) is 4.17. The molecule has 0 saturated heterocycles. The number of thiazole rings is 1. The average molecular weight is 300 g/mol. The lowest BCUT2D eigenvalue weighted by Crippen LogP contribution is -2.16. The molecule has 0 aliphatic carbocycles. The largest absolute Gasteiger partial charge is 0.395 e. The third-order valence-electron chi connectivity index (χ3n) is 2.56. The molecule has 0 saturated carbocycles. The summed E-state index contributed by atoms with van der Waals surface area (Å²) in [6, 6.07) is 3.56. The number of carbonyl (C=O) groups is 1. The van der Waals surface area contributed by atoms with Crippen LogP contribution in [-0.4, -0.2) is 21.9 Å². The first kappa shape index (κ1) is 14.6.